The molecule has 0 aromatic rings. The molecule has 8 heteroatoms. The van der Waals surface area contributed by atoms with E-state index in [0.717, 1.165) is 18.2 Å². The molecule has 0 aliphatic rings. The van der Waals surface area contributed by atoms with Gasteiger partial charge in [-0.25, -0.2) is 0 Å². The van der Waals surface area contributed by atoms with Crippen LogP contribution in [-0.4, -0.2) is 65.9 Å². The smallest absolute Gasteiger partial charge is 0.463 e. The van der Waals surface area contributed by atoms with Crippen molar-refractivity contribution in [1.29, 1.82) is 0 Å². The van der Waals surface area contributed by atoms with Crippen LogP contribution in [0.3, 0.4) is 0 Å². The minimum atomic E-state index is -2.45. The molecule has 0 aliphatic carbocycles. The summed E-state index contributed by atoms with van der Waals surface area (Å²) in [5, 5.41) is 8.49. The molecule has 19 heavy (non-hydrogen) atoms. The fourth-order valence-corrected chi connectivity index (χ4v) is 4.28. The van der Waals surface area contributed by atoms with Gasteiger partial charge in [-0.1, -0.05) is 0 Å². The van der Waals surface area contributed by atoms with Crippen LogP contribution in [0.15, 0.2) is 0 Å². The zero-order valence-electron chi connectivity index (χ0n) is 11.8. The summed E-state index contributed by atoms with van der Waals surface area (Å²) in [4.78, 5) is 11.1. The second-order valence-corrected chi connectivity index (χ2v) is 8.02. The highest BCUT2D eigenvalue weighted by Gasteiger charge is 2.36. The van der Waals surface area contributed by atoms with Gasteiger partial charge in [0.25, 0.3) is 0 Å². The fourth-order valence-electron chi connectivity index (χ4n) is 1.44. The molecule has 0 aromatic carbocycles. The monoisotopic (exact) mass is 312 g/mol. The van der Waals surface area contributed by atoms with Crippen LogP contribution in [0, 0.1) is 0 Å². The first-order valence-electron chi connectivity index (χ1n) is 6.13. The molecule has 0 radical (unpaired) electrons. The van der Waals surface area contributed by atoms with E-state index in [9.17, 15) is 4.79 Å². The summed E-state index contributed by atoms with van der Waals surface area (Å²) in [5.74, 6) is 1.36. The Morgan fingerprint density at radius 3 is 2.32 bits per heavy atom. The highest BCUT2D eigenvalue weighted by atomic mass is 32.2. The van der Waals surface area contributed by atoms with Crippen molar-refractivity contribution in [2.75, 3.05) is 46.0 Å². The van der Waals surface area contributed by atoms with Crippen molar-refractivity contribution in [1.82, 2.24) is 0 Å². The van der Waals surface area contributed by atoms with Gasteiger partial charge in [0.2, 0.25) is 0 Å². The SMILES string of the molecule is CO[Si](CCCSCCC(=O)OCCO)(OC)OC. The molecule has 0 spiro atoms. The van der Waals surface area contributed by atoms with E-state index in [2.05, 4.69) is 0 Å². The molecule has 0 heterocycles. The minimum absolute atomic E-state index is 0.0765. The predicted molar refractivity (Wildman–Crippen MR) is 76.2 cm³/mol. The molecule has 0 atom stereocenters. The first kappa shape index (κ1) is 18.9. The van der Waals surface area contributed by atoms with Crippen molar-refractivity contribution in [2.45, 2.75) is 18.9 Å². The van der Waals surface area contributed by atoms with E-state index >= 15 is 0 Å². The number of hydrogen-bond donors (Lipinski definition) is 1. The molecule has 0 fully saturated rings. The average molecular weight is 312 g/mol. The number of hydrogen-bond acceptors (Lipinski definition) is 7. The summed E-state index contributed by atoms with van der Waals surface area (Å²) in [5.41, 5.74) is 0. The van der Waals surface area contributed by atoms with Crippen molar-refractivity contribution in [3.8, 4) is 0 Å². The molecule has 0 saturated heterocycles. The summed E-state index contributed by atoms with van der Waals surface area (Å²) in [7, 11) is 2.35. The number of rotatable bonds is 12. The Morgan fingerprint density at radius 1 is 1.16 bits per heavy atom. The number of ether oxygens (including phenoxy) is 1. The molecule has 6 nitrogen and oxygen atoms in total. The van der Waals surface area contributed by atoms with Gasteiger partial charge in [0, 0.05) is 33.1 Å². The number of carbonyl (C=O) groups is 1. The molecule has 0 bridgehead atoms. The molecular weight excluding hydrogens is 288 g/mol. The molecule has 0 aliphatic heterocycles. The van der Waals surface area contributed by atoms with Crippen LogP contribution in [0.5, 0.6) is 0 Å². The lowest BCUT2D eigenvalue weighted by molar-refractivity contribution is -0.144. The minimum Gasteiger partial charge on any atom is -0.463 e. The van der Waals surface area contributed by atoms with E-state index in [4.69, 9.17) is 23.1 Å². The Hall–Kier alpha value is -0.123. The highest BCUT2D eigenvalue weighted by molar-refractivity contribution is 7.99. The summed E-state index contributed by atoms with van der Waals surface area (Å²) >= 11 is 1.68. The van der Waals surface area contributed by atoms with Gasteiger partial charge in [-0.15, -0.1) is 0 Å². The van der Waals surface area contributed by atoms with Crippen LogP contribution < -0.4 is 0 Å². The van der Waals surface area contributed by atoms with Gasteiger partial charge in [0.15, 0.2) is 0 Å². The van der Waals surface area contributed by atoms with E-state index in [0.29, 0.717) is 12.2 Å². The highest BCUT2D eigenvalue weighted by Crippen LogP contribution is 2.17. The third-order valence-electron chi connectivity index (χ3n) is 2.51. The first-order valence-corrected chi connectivity index (χ1v) is 9.22. The zero-order chi connectivity index (χ0) is 14.6. The fraction of sp³-hybridized carbons (Fsp3) is 0.909. The van der Waals surface area contributed by atoms with Gasteiger partial charge >= 0.3 is 14.8 Å². The third kappa shape index (κ3) is 8.61. The number of aliphatic hydroxyl groups excluding tert-OH is 1. The molecule has 0 aromatic heterocycles. The van der Waals surface area contributed by atoms with Crippen LogP contribution in [0.4, 0.5) is 0 Å². The van der Waals surface area contributed by atoms with E-state index < -0.39 is 8.80 Å². The topological polar surface area (TPSA) is 74.2 Å². The predicted octanol–water partition coefficient (Wildman–Crippen LogP) is 0.913. The number of carbonyl (C=O) groups excluding carboxylic acids is 1. The van der Waals surface area contributed by atoms with Crippen molar-refractivity contribution < 1.29 is 27.9 Å². The molecule has 0 unspecified atom stereocenters. The van der Waals surface area contributed by atoms with E-state index in [1.165, 1.54) is 0 Å². The Balaban J connectivity index is 3.56. The number of aliphatic hydroxyl groups is 1. The average Bonchev–Trinajstić information content (AvgIpc) is 2.45. The number of thioether (sulfide) groups is 1. The van der Waals surface area contributed by atoms with Crippen LogP contribution in [0.25, 0.3) is 0 Å². The molecule has 0 rings (SSSR count). The lowest BCUT2D eigenvalue weighted by Crippen LogP contribution is -2.42. The molecular formula is C11H24O6SSi. The maximum Gasteiger partial charge on any atom is 0.500 e. The van der Waals surface area contributed by atoms with E-state index in [1.54, 1.807) is 33.1 Å². The largest absolute Gasteiger partial charge is 0.500 e. The summed E-state index contributed by atoms with van der Waals surface area (Å²) in [6.45, 7) is -0.0518. The zero-order valence-corrected chi connectivity index (χ0v) is 13.7. The van der Waals surface area contributed by atoms with Crippen LogP contribution >= 0.6 is 11.8 Å². The second kappa shape index (κ2) is 11.7. The Morgan fingerprint density at radius 2 is 1.79 bits per heavy atom. The normalized spacial score (nSPS) is 11.6. The van der Waals surface area contributed by atoms with Crippen LogP contribution in [0.1, 0.15) is 12.8 Å². The van der Waals surface area contributed by atoms with Gasteiger partial charge in [-0.2, -0.15) is 11.8 Å². The second-order valence-electron chi connectivity index (χ2n) is 3.71. The van der Waals surface area contributed by atoms with Crippen molar-refractivity contribution in [2.24, 2.45) is 0 Å². The lowest BCUT2D eigenvalue weighted by Gasteiger charge is -2.24. The Bertz CT molecular complexity index is 229. The van der Waals surface area contributed by atoms with Gasteiger partial charge in [-0.05, 0) is 12.2 Å². The molecule has 0 saturated carbocycles. The molecule has 0 amide bonds. The van der Waals surface area contributed by atoms with E-state index in [1.807, 2.05) is 0 Å². The van der Waals surface area contributed by atoms with E-state index in [-0.39, 0.29) is 19.2 Å². The summed E-state index contributed by atoms with van der Waals surface area (Å²) < 4.78 is 20.7. The van der Waals surface area contributed by atoms with Gasteiger partial charge < -0.3 is 23.1 Å². The van der Waals surface area contributed by atoms with Gasteiger partial charge in [-0.3, -0.25) is 4.79 Å². The molecule has 1 N–H and O–H groups in total. The quantitative estimate of drug-likeness (QED) is 0.326. The standard InChI is InChI=1S/C11H24O6SSi/c1-14-19(15-2,16-3)10-4-8-18-9-5-11(13)17-7-6-12/h12H,4-10H2,1-3H3. The first-order chi connectivity index (χ1) is 9.14. The Labute approximate surface area is 120 Å². The maximum absolute atomic E-state index is 11.1. The van der Waals surface area contributed by atoms with Crippen molar-refractivity contribution in [3.05, 3.63) is 0 Å². The lowest BCUT2D eigenvalue weighted by atomic mass is 10.5. The van der Waals surface area contributed by atoms with Crippen molar-refractivity contribution in [3.63, 3.8) is 0 Å². The number of esters is 1. The summed E-state index contributed by atoms with van der Waals surface area (Å²) in [6, 6.07) is 0.762. The van der Waals surface area contributed by atoms with Gasteiger partial charge in [0.1, 0.15) is 6.61 Å². The molecule has 114 valence electrons. The Kier molecular flexibility index (Phi) is 11.6. The van der Waals surface area contributed by atoms with Crippen LogP contribution in [0.2, 0.25) is 6.04 Å². The van der Waals surface area contributed by atoms with Gasteiger partial charge in [0.05, 0.1) is 13.0 Å². The summed E-state index contributed by atoms with van der Waals surface area (Å²) in [6.07, 6.45) is 1.28. The third-order valence-corrected chi connectivity index (χ3v) is 6.41. The maximum atomic E-state index is 11.1. The van der Waals surface area contributed by atoms with Crippen LogP contribution in [-0.2, 0) is 22.8 Å². The van der Waals surface area contributed by atoms with Crippen molar-refractivity contribution >= 4 is 26.5 Å².